The first-order valence-electron chi connectivity index (χ1n) is 9.30. The molecule has 1 N–H and O–H groups in total. The summed E-state index contributed by atoms with van der Waals surface area (Å²) in [5.74, 6) is 0.720. The Morgan fingerprint density at radius 2 is 2.03 bits per heavy atom. The maximum atomic E-state index is 12.8. The van der Waals surface area contributed by atoms with Crippen molar-refractivity contribution < 1.29 is 22.7 Å². The zero-order chi connectivity index (χ0) is 21.5. The van der Waals surface area contributed by atoms with Crippen LogP contribution in [-0.2, 0) is 28.1 Å². The Labute approximate surface area is 174 Å². The highest BCUT2D eigenvalue weighted by Crippen LogP contribution is 2.32. The van der Waals surface area contributed by atoms with Gasteiger partial charge in [-0.05, 0) is 37.6 Å². The summed E-state index contributed by atoms with van der Waals surface area (Å²) in [6, 6.07) is 5.34. The molecule has 158 valence electrons. The lowest BCUT2D eigenvalue weighted by Gasteiger charge is -2.23. The average Bonchev–Trinajstić information content (AvgIpc) is 3.33. The van der Waals surface area contributed by atoms with Gasteiger partial charge in [-0.1, -0.05) is 6.07 Å². The molecule has 0 spiro atoms. The number of benzene rings is 1. The van der Waals surface area contributed by atoms with Crippen LogP contribution in [0.1, 0.15) is 23.7 Å². The lowest BCUT2D eigenvalue weighted by atomic mass is 10.1. The molecule has 2 aliphatic heterocycles. The maximum Gasteiger partial charge on any atom is 0.345 e. The number of nitrogens with zero attached hydrogens (tertiary/aromatic N) is 4. The minimum absolute atomic E-state index is 0.0237. The molecule has 2 aliphatic rings. The Bertz CT molecular complexity index is 1180. The zero-order valence-electron chi connectivity index (χ0n) is 16.7. The van der Waals surface area contributed by atoms with Crippen LogP contribution in [0.3, 0.4) is 0 Å². The molecule has 10 nitrogen and oxygen atoms in total. The third-order valence-electron chi connectivity index (χ3n) is 4.84. The molecule has 1 aromatic carbocycles. The molecule has 0 atom stereocenters. The number of allylic oxidation sites excluding steroid dienone is 1. The Morgan fingerprint density at radius 1 is 1.27 bits per heavy atom. The molecule has 0 radical (unpaired) electrons. The number of amides is 1. The van der Waals surface area contributed by atoms with Crippen LogP contribution in [0.4, 0.5) is 0 Å². The van der Waals surface area contributed by atoms with Crippen molar-refractivity contribution in [2.75, 3.05) is 13.8 Å². The van der Waals surface area contributed by atoms with E-state index in [0.717, 1.165) is 9.87 Å². The van der Waals surface area contributed by atoms with Crippen molar-refractivity contribution in [1.29, 1.82) is 0 Å². The lowest BCUT2D eigenvalue weighted by Crippen LogP contribution is -2.38. The first kappa shape index (κ1) is 20.0. The Hall–Kier alpha value is -3.34. The number of aryl methyl sites for hydroxylation is 2. The van der Waals surface area contributed by atoms with E-state index in [1.807, 2.05) is 6.92 Å². The minimum Gasteiger partial charge on any atom is -0.454 e. The molecule has 1 amide bonds. The summed E-state index contributed by atoms with van der Waals surface area (Å²) in [7, 11) is -2.74. The van der Waals surface area contributed by atoms with Crippen LogP contribution >= 0.6 is 0 Å². The van der Waals surface area contributed by atoms with Crippen molar-refractivity contribution >= 4 is 21.8 Å². The summed E-state index contributed by atoms with van der Waals surface area (Å²) in [6.45, 7) is 4.68. The summed E-state index contributed by atoms with van der Waals surface area (Å²) in [6.07, 6.45) is 3.17. The van der Waals surface area contributed by atoms with E-state index in [1.165, 1.54) is 13.1 Å². The standard InChI is InChI=1S/C19H21N5O5S/c1-4-24-10-14(12(2)21-24)15-8-16(23(3)30(26,27)22-15)19(25)20-9-13-5-6-17-18(7-13)29-11-28-17/h5-8,10H,4,9,11H2,1-3H3,(H,20,25). The van der Waals surface area contributed by atoms with Crippen LogP contribution in [0.5, 0.6) is 11.5 Å². The van der Waals surface area contributed by atoms with E-state index in [0.29, 0.717) is 29.3 Å². The highest BCUT2D eigenvalue weighted by atomic mass is 32.2. The Morgan fingerprint density at radius 3 is 2.77 bits per heavy atom. The summed E-state index contributed by atoms with van der Waals surface area (Å²) in [4.78, 5) is 12.8. The second-order valence-corrected chi connectivity index (χ2v) is 8.43. The topological polar surface area (TPSA) is 115 Å². The quantitative estimate of drug-likeness (QED) is 0.759. The van der Waals surface area contributed by atoms with Gasteiger partial charge in [-0.3, -0.25) is 9.48 Å². The van der Waals surface area contributed by atoms with Crippen molar-refractivity contribution in [3.63, 3.8) is 0 Å². The van der Waals surface area contributed by atoms with E-state index in [9.17, 15) is 13.2 Å². The number of hydrogen-bond acceptors (Lipinski definition) is 6. The van der Waals surface area contributed by atoms with E-state index in [2.05, 4.69) is 14.8 Å². The fraction of sp³-hybridized carbons (Fsp3) is 0.316. The molecule has 3 heterocycles. The number of carbonyl (C=O) groups excluding carboxylic acids is 1. The van der Waals surface area contributed by atoms with Crippen LogP contribution < -0.4 is 14.8 Å². The van der Waals surface area contributed by atoms with Crippen molar-refractivity contribution in [2.45, 2.75) is 26.9 Å². The molecule has 11 heteroatoms. The molecule has 0 aliphatic carbocycles. The fourth-order valence-corrected chi connectivity index (χ4v) is 4.05. The average molecular weight is 431 g/mol. The number of likely N-dealkylation sites (N-methyl/N-ethyl adjacent to an activating group) is 1. The largest absolute Gasteiger partial charge is 0.454 e. The second-order valence-electron chi connectivity index (χ2n) is 6.81. The van der Waals surface area contributed by atoms with E-state index in [-0.39, 0.29) is 24.7 Å². The van der Waals surface area contributed by atoms with Crippen molar-refractivity contribution in [1.82, 2.24) is 19.4 Å². The Kier molecular flexibility index (Phi) is 4.98. The third kappa shape index (κ3) is 3.63. The van der Waals surface area contributed by atoms with E-state index >= 15 is 0 Å². The fourth-order valence-electron chi connectivity index (χ4n) is 3.15. The number of nitrogens with one attached hydrogen (secondary N) is 1. The number of ether oxygens (including phenoxy) is 2. The number of fused-ring (bicyclic) bond motifs is 1. The summed E-state index contributed by atoms with van der Waals surface area (Å²) < 4.78 is 42.1. The highest BCUT2D eigenvalue weighted by Gasteiger charge is 2.31. The second kappa shape index (κ2) is 7.48. The molecule has 0 bridgehead atoms. The third-order valence-corrected chi connectivity index (χ3v) is 6.16. The van der Waals surface area contributed by atoms with Gasteiger partial charge in [0.25, 0.3) is 5.91 Å². The number of carbonyl (C=O) groups is 1. The lowest BCUT2D eigenvalue weighted by molar-refractivity contribution is -0.118. The van der Waals surface area contributed by atoms with E-state index < -0.39 is 16.1 Å². The number of rotatable bonds is 5. The maximum absolute atomic E-state index is 12.8. The van der Waals surface area contributed by atoms with E-state index in [1.54, 1.807) is 36.0 Å². The highest BCUT2D eigenvalue weighted by molar-refractivity contribution is 7.88. The monoisotopic (exact) mass is 431 g/mol. The van der Waals surface area contributed by atoms with Gasteiger partial charge in [0.15, 0.2) is 11.5 Å². The van der Waals surface area contributed by atoms with Gasteiger partial charge in [-0.15, -0.1) is 4.40 Å². The summed E-state index contributed by atoms with van der Waals surface area (Å²) in [5.41, 5.74) is 2.15. The van der Waals surface area contributed by atoms with Crippen molar-refractivity contribution in [2.24, 2.45) is 4.40 Å². The van der Waals surface area contributed by atoms with Crippen LogP contribution in [-0.4, -0.2) is 48.0 Å². The van der Waals surface area contributed by atoms with Crippen LogP contribution in [0.25, 0.3) is 0 Å². The number of aromatic nitrogens is 2. The smallest absolute Gasteiger partial charge is 0.345 e. The van der Waals surface area contributed by atoms with Crippen LogP contribution in [0.2, 0.25) is 0 Å². The van der Waals surface area contributed by atoms with Gasteiger partial charge in [-0.25, -0.2) is 4.31 Å². The first-order chi connectivity index (χ1) is 14.3. The van der Waals surface area contributed by atoms with Crippen LogP contribution in [0, 0.1) is 6.92 Å². The van der Waals surface area contributed by atoms with Gasteiger partial charge in [-0.2, -0.15) is 13.5 Å². The predicted octanol–water partition coefficient (Wildman–Crippen LogP) is 1.12. The predicted molar refractivity (Wildman–Crippen MR) is 108 cm³/mol. The molecule has 2 aromatic rings. The molecule has 4 rings (SSSR count). The normalized spacial score (nSPS) is 16.8. The molecular formula is C19H21N5O5S. The van der Waals surface area contributed by atoms with Gasteiger partial charge in [0.2, 0.25) is 6.79 Å². The van der Waals surface area contributed by atoms with Crippen LogP contribution in [0.15, 0.2) is 40.6 Å². The van der Waals surface area contributed by atoms with Gasteiger partial charge < -0.3 is 14.8 Å². The van der Waals surface area contributed by atoms with Gasteiger partial charge in [0.05, 0.1) is 11.4 Å². The zero-order valence-corrected chi connectivity index (χ0v) is 17.6. The molecule has 30 heavy (non-hydrogen) atoms. The van der Waals surface area contributed by atoms with Crippen molar-refractivity contribution in [3.8, 4) is 11.5 Å². The van der Waals surface area contributed by atoms with Gasteiger partial charge >= 0.3 is 10.2 Å². The molecule has 0 unspecified atom stereocenters. The van der Waals surface area contributed by atoms with Crippen molar-refractivity contribution in [3.05, 3.63) is 53.0 Å². The van der Waals surface area contributed by atoms with Gasteiger partial charge in [0.1, 0.15) is 5.70 Å². The molecule has 1 aromatic heterocycles. The molecular weight excluding hydrogens is 410 g/mol. The summed E-state index contributed by atoms with van der Waals surface area (Å²) >= 11 is 0. The molecule has 0 saturated carbocycles. The summed E-state index contributed by atoms with van der Waals surface area (Å²) in [5, 5.41) is 7.07. The first-order valence-corrected chi connectivity index (χ1v) is 10.7. The Balaban J connectivity index is 1.58. The molecule has 0 saturated heterocycles. The SMILES string of the molecule is CCn1cc(C2=NS(=O)(=O)N(C)C(C(=O)NCc3ccc4c(c3)OCO4)=C2)c(C)n1. The van der Waals surface area contributed by atoms with E-state index in [4.69, 9.17) is 9.47 Å². The number of hydrogen-bond donors (Lipinski definition) is 1. The van der Waals surface area contributed by atoms with Gasteiger partial charge in [0, 0.05) is 31.9 Å². The minimum atomic E-state index is -4.04. The molecule has 0 fully saturated rings.